The van der Waals surface area contributed by atoms with Crippen molar-refractivity contribution in [2.24, 2.45) is 0 Å². The Morgan fingerprint density at radius 3 is 2.20 bits per heavy atom. The zero-order valence-electron chi connectivity index (χ0n) is 10.9. The molecule has 1 unspecified atom stereocenters. The summed E-state index contributed by atoms with van der Waals surface area (Å²) in [4.78, 5) is 0. The average Bonchev–Trinajstić information content (AvgIpc) is 2.45. The predicted octanol–water partition coefficient (Wildman–Crippen LogP) is 3.90. The van der Waals surface area contributed by atoms with Crippen LogP contribution in [0.4, 0.5) is 18.9 Å². The molecule has 0 saturated heterocycles. The van der Waals surface area contributed by atoms with Crippen molar-refractivity contribution in [3.63, 3.8) is 0 Å². The van der Waals surface area contributed by atoms with E-state index in [9.17, 15) is 13.2 Å². The second-order valence-electron chi connectivity index (χ2n) is 4.32. The minimum atomic E-state index is -1.47. The molecule has 2 rings (SSSR count). The van der Waals surface area contributed by atoms with Crippen LogP contribution < -0.4 is 5.32 Å². The number of nitrogens with one attached hydrogen (secondary N) is 1. The van der Waals surface area contributed by atoms with Gasteiger partial charge < -0.3 is 10.1 Å². The van der Waals surface area contributed by atoms with Gasteiger partial charge in [0.1, 0.15) is 0 Å². The summed E-state index contributed by atoms with van der Waals surface area (Å²) >= 11 is 0. The minimum absolute atomic E-state index is 0.160. The Kier molecular flexibility index (Phi) is 4.63. The summed E-state index contributed by atoms with van der Waals surface area (Å²) in [6.45, 7) is 0.310. The van der Waals surface area contributed by atoms with Crippen LogP contribution in [-0.4, -0.2) is 13.7 Å². The van der Waals surface area contributed by atoms with Crippen molar-refractivity contribution in [1.82, 2.24) is 0 Å². The number of hydrogen-bond donors (Lipinski definition) is 1. The van der Waals surface area contributed by atoms with Crippen LogP contribution in [0.1, 0.15) is 11.6 Å². The topological polar surface area (TPSA) is 21.3 Å². The van der Waals surface area contributed by atoms with Crippen molar-refractivity contribution in [3.05, 3.63) is 65.5 Å². The lowest BCUT2D eigenvalue weighted by Gasteiger charge is -2.19. The van der Waals surface area contributed by atoms with Crippen molar-refractivity contribution in [2.75, 3.05) is 19.0 Å². The van der Waals surface area contributed by atoms with Gasteiger partial charge in [-0.05, 0) is 5.56 Å². The van der Waals surface area contributed by atoms with Gasteiger partial charge in [-0.3, -0.25) is 0 Å². The highest BCUT2D eigenvalue weighted by molar-refractivity contribution is 5.46. The van der Waals surface area contributed by atoms with Gasteiger partial charge in [-0.25, -0.2) is 13.2 Å². The molecule has 0 heterocycles. The number of hydrogen-bond acceptors (Lipinski definition) is 2. The standard InChI is InChI=1S/C15H14F3NO/c1-20-9-14(10-5-3-2-4-6-10)19-11-7-12(16)15(18)13(17)8-11/h2-8,14,19H,9H2,1H3. The Balaban J connectivity index is 2.25. The highest BCUT2D eigenvalue weighted by Crippen LogP contribution is 2.23. The van der Waals surface area contributed by atoms with Crippen molar-refractivity contribution in [1.29, 1.82) is 0 Å². The van der Waals surface area contributed by atoms with Gasteiger partial charge >= 0.3 is 0 Å². The van der Waals surface area contributed by atoms with E-state index in [-0.39, 0.29) is 11.7 Å². The maximum Gasteiger partial charge on any atom is 0.194 e. The van der Waals surface area contributed by atoms with Crippen LogP contribution in [-0.2, 0) is 4.74 Å². The molecule has 2 aromatic rings. The van der Waals surface area contributed by atoms with E-state index in [4.69, 9.17) is 4.74 Å². The third-order valence-corrected chi connectivity index (χ3v) is 2.86. The van der Waals surface area contributed by atoms with E-state index < -0.39 is 17.5 Å². The molecule has 0 aliphatic carbocycles. The van der Waals surface area contributed by atoms with Gasteiger partial charge in [0.05, 0.1) is 12.6 Å². The van der Waals surface area contributed by atoms with Gasteiger partial charge in [-0.15, -0.1) is 0 Å². The first-order chi connectivity index (χ1) is 9.61. The SMILES string of the molecule is COCC(Nc1cc(F)c(F)c(F)c1)c1ccccc1. The van der Waals surface area contributed by atoms with Gasteiger partial charge in [-0.2, -0.15) is 0 Å². The quantitative estimate of drug-likeness (QED) is 0.839. The molecule has 0 bridgehead atoms. The maximum absolute atomic E-state index is 13.2. The molecule has 0 spiro atoms. The molecule has 1 atom stereocenters. The summed E-state index contributed by atoms with van der Waals surface area (Å²) in [7, 11) is 1.53. The predicted molar refractivity (Wildman–Crippen MR) is 71.0 cm³/mol. The highest BCUT2D eigenvalue weighted by atomic mass is 19.2. The first-order valence-electron chi connectivity index (χ1n) is 6.06. The van der Waals surface area contributed by atoms with Crippen LogP contribution in [0.25, 0.3) is 0 Å². The second-order valence-corrected chi connectivity index (χ2v) is 4.32. The molecule has 0 aliphatic heterocycles. The third kappa shape index (κ3) is 3.30. The Bertz CT molecular complexity index is 552. The van der Waals surface area contributed by atoms with Crippen LogP contribution in [0, 0.1) is 17.5 Å². The third-order valence-electron chi connectivity index (χ3n) is 2.86. The van der Waals surface area contributed by atoms with E-state index in [0.29, 0.717) is 6.61 Å². The lowest BCUT2D eigenvalue weighted by Crippen LogP contribution is -2.16. The molecule has 0 aliphatic rings. The molecule has 5 heteroatoms. The van der Waals surface area contributed by atoms with E-state index in [2.05, 4.69) is 5.32 Å². The molecule has 0 amide bonds. The van der Waals surface area contributed by atoms with Crippen LogP contribution in [0.15, 0.2) is 42.5 Å². The summed E-state index contributed by atoms with van der Waals surface area (Å²) in [6, 6.07) is 10.9. The number of benzene rings is 2. The van der Waals surface area contributed by atoms with E-state index in [1.54, 1.807) is 0 Å². The fourth-order valence-electron chi connectivity index (χ4n) is 1.91. The van der Waals surface area contributed by atoms with Crippen molar-refractivity contribution < 1.29 is 17.9 Å². The molecule has 0 fully saturated rings. The molecule has 20 heavy (non-hydrogen) atoms. The van der Waals surface area contributed by atoms with Crippen molar-refractivity contribution in [2.45, 2.75) is 6.04 Å². The first-order valence-corrected chi connectivity index (χ1v) is 6.06. The summed E-state index contributed by atoms with van der Waals surface area (Å²) in [6.07, 6.45) is 0. The van der Waals surface area contributed by atoms with Crippen LogP contribution in [0.5, 0.6) is 0 Å². The Morgan fingerprint density at radius 1 is 1.05 bits per heavy atom. The Labute approximate surface area is 115 Å². The molecule has 2 aromatic carbocycles. The van der Waals surface area contributed by atoms with Gasteiger partial charge in [0, 0.05) is 24.9 Å². The molecular weight excluding hydrogens is 267 g/mol. The normalized spacial score (nSPS) is 12.2. The molecule has 0 radical (unpaired) electrons. The van der Waals surface area contributed by atoms with E-state index in [1.165, 1.54) is 7.11 Å². The lowest BCUT2D eigenvalue weighted by atomic mass is 10.1. The molecule has 0 saturated carbocycles. The first kappa shape index (κ1) is 14.4. The van der Waals surface area contributed by atoms with Gasteiger partial charge in [0.25, 0.3) is 0 Å². The molecule has 2 nitrogen and oxygen atoms in total. The molecule has 1 N–H and O–H groups in total. The zero-order chi connectivity index (χ0) is 14.5. The minimum Gasteiger partial charge on any atom is -0.382 e. The Morgan fingerprint density at radius 2 is 1.65 bits per heavy atom. The van der Waals surface area contributed by atoms with Gasteiger partial charge in [-0.1, -0.05) is 30.3 Å². The van der Waals surface area contributed by atoms with E-state index in [1.807, 2.05) is 30.3 Å². The number of rotatable bonds is 5. The van der Waals surface area contributed by atoms with Crippen LogP contribution >= 0.6 is 0 Å². The summed E-state index contributed by atoms with van der Waals surface area (Å²) in [5, 5.41) is 2.93. The average molecular weight is 281 g/mol. The second kappa shape index (κ2) is 6.43. The summed E-state index contributed by atoms with van der Waals surface area (Å²) in [5.74, 6) is -3.92. The van der Waals surface area contributed by atoms with E-state index >= 15 is 0 Å². The fraction of sp³-hybridized carbons (Fsp3) is 0.200. The fourth-order valence-corrected chi connectivity index (χ4v) is 1.91. The smallest absolute Gasteiger partial charge is 0.194 e. The lowest BCUT2D eigenvalue weighted by molar-refractivity contribution is 0.186. The zero-order valence-corrected chi connectivity index (χ0v) is 10.9. The number of anilines is 1. The number of methoxy groups -OCH3 is 1. The van der Waals surface area contributed by atoms with Crippen LogP contribution in [0.3, 0.4) is 0 Å². The molecule has 106 valence electrons. The number of halogens is 3. The maximum atomic E-state index is 13.2. The highest BCUT2D eigenvalue weighted by Gasteiger charge is 2.15. The van der Waals surface area contributed by atoms with Crippen molar-refractivity contribution >= 4 is 5.69 Å². The summed E-state index contributed by atoms with van der Waals surface area (Å²) in [5.41, 5.74) is 1.06. The van der Waals surface area contributed by atoms with Crippen molar-refractivity contribution in [3.8, 4) is 0 Å². The number of ether oxygens (including phenoxy) is 1. The molecule has 0 aromatic heterocycles. The largest absolute Gasteiger partial charge is 0.382 e. The van der Waals surface area contributed by atoms with Crippen LogP contribution in [0.2, 0.25) is 0 Å². The monoisotopic (exact) mass is 281 g/mol. The van der Waals surface area contributed by atoms with Gasteiger partial charge in [0.2, 0.25) is 0 Å². The molecular formula is C15H14F3NO. The van der Waals surface area contributed by atoms with Gasteiger partial charge in [0.15, 0.2) is 17.5 Å². The van der Waals surface area contributed by atoms with E-state index in [0.717, 1.165) is 17.7 Å². The summed E-state index contributed by atoms with van der Waals surface area (Å²) < 4.78 is 44.4. The Hall–Kier alpha value is -2.01.